The van der Waals surface area contributed by atoms with Crippen LogP contribution >= 0.6 is 0 Å². The van der Waals surface area contributed by atoms with Crippen molar-refractivity contribution in [2.45, 2.75) is 37.9 Å². The zero-order valence-corrected chi connectivity index (χ0v) is 16.7. The Hall–Kier alpha value is -3.29. The number of fused-ring (bicyclic) bond motifs is 2. The number of hydrogen-bond donors (Lipinski definition) is 2. The number of imidazole rings is 1. The molecular weight excluding hydrogens is 407 g/mol. The summed E-state index contributed by atoms with van der Waals surface area (Å²) in [5, 5.41) is 3.25. The molecule has 1 saturated carbocycles. The lowest BCUT2D eigenvalue weighted by atomic mass is 10.1. The quantitative estimate of drug-likeness (QED) is 0.429. The van der Waals surface area contributed by atoms with Gasteiger partial charge in [-0.1, -0.05) is 12.1 Å². The average molecular weight is 427 g/mol. The monoisotopic (exact) mass is 427 g/mol. The highest BCUT2D eigenvalue weighted by Gasteiger charge is 2.42. The number of hydrogen-bond acceptors (Lipinski definition) is 3. The lowest BCUT2D eigenvalue weighted by Gasteiger charge is -2.11. The molecule has 160 valence electrons. The fraction of sp³-hybridized carbons (Fsp3) is 0.304. The van der Waals surface area contributed by atoms with Crippen LogP contribution in [0.3, 0.4) is 0 Å². The number of halogens is 3. The highest BCUT2D eigenvalue weighted by molar-refractivity contribution is 5.80. The molecule has 0 spiro atoms. The van der Waals surface area contributed by atoms with Crippen molar-refractivity contribution in [1.29, 1.82) is 0 Å². The predicted octanol–water partition coefficient (Wildman–Crippen LogP) is 5.70. The lowest BCUT2D eigenvalue weighted by Crippen LogP contribution is -2.26. The minimum atomic E-state index is -4.41. The van der Waals surface area contributed by atoms with Crippen LogP contribution < -0.4 is 5.32 Å². The van der Waals surface area contributed by atoms with E-state index in [4.69, 9.17) is 4.42 Å². The standard InChI is InChI=1S/C23H20F3N3O2/c1-12(20-10-14-8-15(23(24,25)26)6-7-19(14)31-20)27-21(30)11-13-9-16(13)22-28-17-4-2-3-5-18(17)29-22/h2-8,10,12-13,16H,9,11H2,1H3,(H,27,30)(H,28,29)/t12-,13+,16+/m1/s1. The molecule has 2 aromatic carbocycles. The normalized spacial score (nSPS) is 19.6. The first-order chi connectivity index (χ1) is 14.8. The van der Waals surface area contributed by atoms with E-state index in [0.29, 0.717) is 23.2 Å². The van der Waals surface area contributed by atoms with Crippen LogP contribution in [0.5, 0.6) is 0 Å². The number of carbonyl (C=O) groups excluding carboxylic acids is 1. The number of carbonyl (C=O) groups is 1. The van der Waals surface area contributed by atoms with Crippen molar-refractivity contribution in [3.05, 3.63) is 65.7 Å². The van der Waals surface area contributed by atoms with Gasteiger partial charge in [-0.25, -0.2) is 4.98 Å². The number of amides is 1. The summed E-state index contributed by atoms with van der Waals surface area (Å²) in [5.41, 5.74) is 1.53. The van der Waals surface area contributed by atoms with E-state index in [1.807, 2.05) is 24.3 Å². The van der Waals surface area contributed by atoms with Crippen LogP contribution in [0, 0.1) is 5.92 Å². The molecule has 0 unspecified atom stereocenters. The van der Waals surface area contributed by atoms with Gasteiger partial charge in [-0.05, 0) is 55.7 Å². The first-order valence-electron chi connectivity index (χ1n) is 10.1. The Morgan fingerprint density at radius 3 is 2.84 bits per heavy atom. The van der Waals surface area contributed by atoms with Gasteiger partial charge in [0.25, 0.3) is 0 Å². The number of furan rings is 1. The summed E-state index contributed by atoms with van der Waals surface area (Å²) in [6.45, 7) is 1.75. The smallest absolute Gasteiger partial charge is 0.416 e. The molecule has 2 N–H and O–H groups in total. The van der Waals surface area contributed by atoms with Crippen molar-refractivity contribution in [3.8, 4) is 0 Å². The Morgan fingerprint density at radius 2 is 2.06 bits per heavy atom. The van der Waals surface area contributed by atoms with E-state index in [0.717, 1.165) is 35.4 Å². The molecule has 31 heavy (non-hydrogen) atoms. The highest BCUT2D eigenvalue weighted by Crippen LogP contribution is 2.48. The maximum absolute atomic E-state index is 12.9. The minimum Gasteiger partial charge on any atom is -0.459 e. The van der Waals surface area contributed by atoms with Crippen molar-refractivity contribution in [2.75, 3.05) is 0 Å². The summed E-state index contributed by atoms with van der Waals surface area (Å²) in [7, 11) is 0. The topological polar surface area (TPSA) is 70.9 Å². The van der Waals surface area contributed by atoms with Crippen LogP contribution in [0.25, 0.3) is 22.0 Å². The van der Waals surface area contributed by atoms with E-state index in [9.17, 15) is 18.0 Å². The van der Waals surface area contributed by atoms with Gasteiger partial charge < -0.3 is 14.7 Å². The largest absolute Gasteiger partial charge is 0.459 e. The van der Waals surface area contributed by atoms with E-state index in [2.05, 4.69) is 15.3 Å². The molecule has 0 bridgehead atoms. The summed E-state index contributed by atoms with van der Waals surface area (Å²) in [6, 6.07) is 12.3. The number of rotatable bonds is 5. The van der Waals surface area contributed by atoms with Gasteiger partial charge in [0.05, 0.1) is 22.6 Å². The molecule has 5 rings (SSSR count). The molecule has 1 amide bonds. The van der Waals surface area contributed by atoms with Crippen LogP contribution in [-0.2, 0) is 11.0 Å². The number of nitrogens with one attached hydrogen (secondary N) is 2. The van der Waals surface area contributed by atoms with Gasteiger partial charge in [0, 0.05) is 17.7 Å². The number of H-pyrrole nitrogens is 1. The SMILES string of the molecule is C[C@@H](NC(=O)C[C@@H]1C[C@@H]1c1nc2ccccc2[nH]1)c1cc2cc(C(F)(F)F)ccc2o1. The van der Waals surface area contributed by atoms with Crippen LogP contribution in [0.15, 0.2) is 52.9 Å². The van der Waals surface area contributed by atoms with Crippen molar-refractivity contribution < 1.29 is 22.4 Å². The van der Waals surface area contributed by atoms with Crippen molar-refractivity contribution in [2.24, 2.45) is 5.92 Å². The lowest BCUT2D eigenvalue weighted by molar-refractivity contribution is -0.137. The zero-order valence-electron chi connectivity index (χ0n) is 16.7. The van der Waals surface area contributed by atoms with Gasteiger partial charge in [-0.15, -0.1) is 0 Å². The van der Waals surface area contributed by atoms with Crippen LogP contribution in [0.1, 0.15) is 48.9 Å². The molecule has 2 aromatic heterocycles. The molecule has 8 heteroatoms. The third kappa shape index (κ3) is 3.89. The second-order valence-corrected chi connectivity index (χ2v) is 8.13. The Bertz CT molecular complexity index is 1240. The van der Waals surface area contributed by atoms with Gasteiger partial charge in [-0.3, -0.25) is 4.79 Å². The average Bonchev–Trinajstić information content (AvgIpc) is 3.15. The number of nitrogens with zero attached hydrogens (tertiary/aromatic N) is 1. The molecule has 0 radical (unpaired) electrons. The Balaban J connectivity index is 1.21. The van der Waals surface area contributed by atoms with Crippen LogP contribution in [-0.4, -0.2) is 15.9 Å². The van der Waals surface area contributed by atoms with Crippen molar-refractivity contribution in [3.63, 3.8) is 0 Å². The minimum absolute atomic E-state index is 0.118. The van der Waals surface area contributed by atoms with Crippen LogP contribution in [0.4, 0.5) is 13.2 Å². The van der Waals surface area contributed by atoms with Gasteiger partial charge in [0.2, 0.25) is 5.91 Å². The summed E-state index contributed by atoms with van der Waals surface area (Å²) >= 11 is 0. The maximum atomic E-state index is 12.9. The number of alkyl halides is 3. The molecule has 5 nitrogen and oxygen atoms in total. The van der Waals surface area contributed by atoms with Crippen molar-refractivity contribution in [1.82, 2.24) is 15.3 Å². The molecule has 0 aliphatic heterocycles. The Morgan fingerprint density at radius 1 is 1.26 bits per heavy atom. The number of aromatic nitrogens is 2. The molecule has 1 aliphatic carbocycles. The highest BCUT2D eigenvalue weighted by atomic mass is 19.4. The molecule has 3 atom stereocenters. The van der Waals surface area contributed by atoms with E-state index in [-0.39, 0.29) is 17.7 Å². The molecule has 0 saturated heterocycles. The third-order valence-corrected chi connectivity index (χ3v) is 5.80. The molecule has 2 heterocycles. The second kappa shape index (κ2) is 7.14. The molecule has 1 aliphatic rings. The molecule has 4 aromatic rings. The fourth-order valence-corrected chi connectivity index (χ4v) is 4.02. The van der Waals surface area contributed by atoms with E-state index in [1.165, 1.54) is 6.07 Å². The van der Waals surface area contributed by atoms with Gasteiger partial charge >= 0.3 is 6.18 Å². The fourth-order valence-electron chi connectivity index (χ4n) is 4.02. The third-order valence-electron chi connectivity index (χ3n) is 5.80. The van der Waals surface area contributed by atoms with Crippen molar-refractivity contribution >= 4 is 27.9 Å². The summed E-state index contributed by atoms with van der Waals surface area (Å²) in [5.74, 6) is 1.67. The summed E-state index contributed by atoms with van der Waals surface area (Å²) in [6.07, 6.45) is -3.15. The predicted molar refractivity (Wildman–Crippen MR) is 109 cm³/mol. The maximum Gasteiger partial charge on any atom is 0.416 e. The van der Waals surface area contributed by atoms with E-state index >= 15 is 0 Å². The van der Waals surface area contributed by atoms with Crippen LogP contribution in [0.2, 0.25) is 0 Å². The number of para-hydroxylation sites is 2. The zero-order chi connectivity index (χ0) is 21.8. The first kappa shape index (κ1) is 19.7. The number of aromatic amines is 1. The first-order valence-corrected chi connectivity index (χ1v) is 10.1. The van der Waals surface area contributed by atoms with Gasteiger partial charge in [0.15, 0.2) is 0 Å². The molecule has 1 fully saturated rings. The number of benzene rings is 2. The Labute approximate surface area is 175 Å². The van der Waals surface area contributed by atoms with Gasteiger partial charge in [0.1, 0.15) is 17.2 Å². The van der Waals surface area contributed by atoms with Gasteiger partial charge in [-0.2, -0.15) is 13.2 Å². The summed E-state index contributed by atoms with van der Waals surface area (Å²) in [4.78, 5) is 20.4. The van der Waals surface area contributed by atoms with E-state index < -0.39 is 17.8 Å². The second-order valence-electron chi connectivity index (χ2n) is 8.13. The van der Waals surface area contributed by atoms with E-state index in [1.54, 1.807) is 13.0 Å². The summed E-state index contributed by atoms with van der Waals surface area (Å²) < 4.78 is 44.3. The Kier molecular flexibility index (Phi) is 4.53. The molecular formula is C23H20F3N3O2.